The van der Waals surface area contributed by atoms with Crippen molar-refractivity contribution in [3.63, 3.8) is 0 Å². The van der Waals surface area contributed by atoms with Gasteiger partial charge in [0.15, 0.2) is 0 Å². The first-order valence-electron chi connectivity index (χ1n) is 10.1. The molecule has 1 saturated heterocycles. The summed E-state index contributed by atoms with van der Waals surface area (Å²) in [6.45, 7) is 2.86. The highest BCUT2D eigenvalue weighted by molar-refractivity contribution is 7.89. The minimum Gasteiger partial charge on any atom is -0.492 e. The van der Waals surface area contributed by atoms with Gasteiger partial charge in [-0.15, -0.1) is 0 Å². The Bertz CT molecular complexity index is 1030. The van der Waals surface area contributed by atoms with Crippen molar-refractivity contribution < 1.29 is 27.1 Å². The zero-order valence-electron chi connectivity index (χ0n) is 17.9. The van der Waals surface area contributed by atoms with Crippen LogP contribution in [-0.4, -0.2) is 52.5 Å². The molecule has 0 radical (unpaired) electrons. The molecule has 3 rings (SSSR count). The second-order valence-electron chi connectivity index (χ2n) is 7.54. The van der Waals surface area contributed by atoms with Gasteiger partial charge in [0.2, 0.25) is 15.9 Å². The van der Waals surface area contributed by atoms with Crippen LogP contribution in [0.1, 0.15) is 25.3 Å². The average molecular weight is 451 g/mol. The molecule has 1 aliphatic rings. The lowest BCUT2D eigenvalue weighted by Gasteiger charge is -2.36. The van der Waals surface area contributed by atoms with Crippen LogP contribution >= 0.6 is 0 Å². The Labute approximate surface area is 182 Å². The molecule has 0 aliphatic carbocycles. The molecular formula is C22H27FN2O5S. The van der Waals surface area contributed by atoms with E-state index in [2.05, 4.69) is 5.32 Å². The molecule has 1 fully saturated rings. The van der Waals surface area contributed by atoms with Crippen LogP contribution in [0.2, 0.25) is 0 Å². The van der Waals surface area contributed by atoms with Crippen LogP contribution in [0, 0.1) is 5.82 Å². The van der Waals surface area contributed by atoms with E-state index in [1.807, 2.05) is 0 Å². The van der Waals surface area contributed by atoms with E-state index in [9.17, 15) is 17.6 Å². The van der Waals surface area contributed by atoms with Crippen LogP contribution in [0.15, 0.2) is 47.4 Å². The molecule has 9 heteroatoms. The first-order chi connectivity index (χ1) is 14.7. The minimum absolute atomic E-state index is 0.0278. The number of carbonyl (C=O) groups is 1. The Morgan fingerprint density at radius 2 is 1.81 bits per heavy atom. The molecule has 0 spiro atoms. The van der Waals surface area contributed by atoms with E-state index in [1.165, 1.54) is 38.4 Å². The first kappa shape index (κ1) is 23.2. The molecule has 2 aromatic rings. The van der Waals surface area contributed by atoms with E-state index in [0.717, 1.165) is 4.31 Å². The van der Waals surface area contributed by atoms with E-state index in [4.69, 9.17) is 9.47 Å². The third kappa shape index (κ3) is 4.73. The van der Waals surface area contributed by atoms with Crippen molar-refractivity contribution in [1.82, 2.24) is 4.31 Å². The summed E-state index contributed by atoms with van der Waals surface area (Å²) in [7, 11) is -0.925. The number of amides is 1. The first-order valence-corrected chi connectivity index (χ1v) is 11.5. The Kier molecular flexibility index (Phi) is 6.98. The van der Waals surface area contributed by atoms with E-state index in [0.29, 0.717) is 43.9 Å². The highest BCUT2D eigenvalue weighted by atomic mass is 32.2. The third-order valence-electron chi connectivity index (χ3n) is 5.44. The van der Waals surface area contributed by atoms with Crippen LogP contribution in [0.5, 0.6) is 5.75 Å². The van der Waals surface area contributed by atoms with Gasteiger partial charge in [0, 0.05) is 33.0 Å². The van der Waals surface area contributed by atoms with Crippen LogP contribution in [0.4, 0.5) is 10.1 Å². The van der Waals surface area contributed by atoms with Gasteiger partial charge in [-0.3, -0.25) is 4.79 Å². The topological polar surface area (TPSA) is 84.9 Å². The lowest BCUT2D eigenvalue weighted by molar-refractivity contribution is -0.125. The molecule has 1 amide bonds. The number of carbonyl (C=O) groups excluding carboxylic acids is 1. The maximum Gasteiger partial charge on any atom is 0.246 e. The summed E-state index contributed by atoms with van der Waals surface area (Å²) in [4.78, 5) is 13.4. The Morgan fingerprint density at radius 1 is 1.16 bits per heavy atom. The molecule has 0 unspecified atom stereocenters. The maximum absolute atomic E-state index is 13.5. The van der Waals surface area contributed by atoms with Gasteiger partial charge >= 0.3 is 0 Å². The van der Waals surface area contributed by atoms with Gasteiger partial charge in [-0.2, -0.15) is 0 Å². The number of halogens is 1. The van der Waals surface area contributed by atoms with Gasteiger partial charge < -0.3 is 14.8 Å². The van der Waals surface area contributed by atoms with Crippen LogP contribution in [-0.2, 0) is 25.0 Å². The number of rotatable bonds is 7. The van der Waals surface area contributed by atoms with Crippen molar-refractivity contribution in [3.8, 4) is 5.75 Å². The summed E-state index contributed by atoms with van der Waals surface area (Å²) in [5.41, 5.74) is 0.133. The van der Waals surface area contributed by atoms with Gasteiger partial charge in [0.25, 0.3) is 0 Å². The van der Waals surface area contributed by atoms with Crippen molar-refractivity contribution in [1.29, 1.82) is 0 Å². The number of nitrogens with zero attached hydrogens (tertiary/aromatic N) is 1. The number of nitrogens with one attached hydrogen (secondary N) is 1. The SMILES string of the molecule is CCOc1ccc(NC(=O)C2(c3ccc(F)cc3)CCOCC2)cc1S(=O)(=O)N(C)C. The predicted octanol–water partition coefficient (Wildman–Crippen LogP) is 3.16. The van der Waals surface area contributed by atoms with Gasteiger partial charge in [-0.1, -0.05) is 12.1 Å². The fourth-order valence-corrected chi connectivity index (χ4v) is 4.70. The van der Waals surface area contributed by atoms with Crippen molar-refractivity contribution in [2.45, 2.75) is 30.1 Å². The van der Waals surface area contributed by atoms with E-state index in [1.54, 1.807) is 25.1 Å². The maximum atomic E-state index is 13.5. The lowest BCUT2D eigenvalue weighted by Crippen LogP contribution is -2.44. The second-order valence-corrected chi connectivity index (χ2v) is 9.66. The summed E-state index contributed by atoms with van der Waals surface area (Å²) >= 11 is 0. The van der Waals surface area contributed by atoms with Crippen LogP contribution in [0.25, 0.3) is 0 Å². The molecule has 0 aromatic heterocycles. The van der Waals surface area contributed by atoms with Crippen LogP contribution < -0.4 is 10.1 Å². The highest BCUT2D eigenvalue weighted by Crippen LogP contribution is 2.37. The fourth-order valence-electron chi connectivity index (χ4n) is 3.65. The molecule has 0 atom stereocenters. The summed E-state index contributed by atoms with van der Waals surface area (Å²) in [6, 6.07) is 10.4. The summed E-state index contributed by atoms with van der Waals surface area (Å²) < 4.78 is 51.0. The van der Waals surface area contributed by atoms with Crippen molar-refractivity contribution in [3.05, 3.63) is 53.8 Å². The molecule has 1 N–H and O–H groups in total. The fraction of sp³-hybridized carbons (Fsp3) is 0.409. The normalized spacial score (nSPS) is 16.2. The molecule has 31 heavy (non-hydrogen) atoms. The van der Waals surface area contributed by atoms with Gasteiger partial charge in [-0.25, -0.2) is 17.1 Å². The van der Waals surface area contributed by atoms with Gasteiger partial charge in [0.05, 0.1) is 12.0 Å². The second kappa shape index (κ2) is 9.33. The number of anilines is 1. The molecule has 1 heterocycles. The number of ether oxygens (including phenoxy) is 2. The zero-order chi connectivity index (χ0) is 22.6. The largest absolute Gasteiger partial charge is 0.492 e. The average Bonchev–Trinajstić information content (AvgIpc) is 2.75. The van der Waals surface area contributed by atoms with Crippen LogP contribution in [0.3, 0.4) is 0 Å². The molecule has 2 aromatic carbocycles. The Balaban J connectivity index is 1.98. The smallest absolute Gasteiger partial charge is 0.246 e. The number of sulfonamides is 1. The van der Waals surface area contributed by atoms with Crippen molar-refractivity contribution in [2.24, 2.45) is 0 Å². The molecule has 168 valence electrons. The number of benzene rings is 2. The van der Waals surface area contributed by atoms with Crippen molar-refractivity contribution in [2.75, 3.05) is 39.2 Å². The Morgan fingerprint density at radius 3 is 2.39 bits per heavy atom. The van der Waals surface area contributed by atoms with E-state index in [-0.39, 0.29) is 22.4 Å². The molecule has 0 saturated carbocycles. The number of hydrogen-bond donors (Lipinski definition) is 1. The minimum atomic E-state index is -3.79. The van der Waals surface area contributed by atoms with E-state index >= 15 is 0 Å². The summed E-state index contributed by atoms with van der Waals surface area (Å²) in [6.07, 6.45) is 0.870. The van der Waals surface area contributed by atoms with E-state index < -0.39 is 15.4 Å². The monoisotopic (exact) mass is 450 g/mol. The zero-order valence-corrected chi connectivity index (χ0v) is 18.7. The number of hydrogen-bond acceptors (Lipinski definition) is 5. The summed E-state index contributed by atoms with van der Waals surface area (Å²) in [5.74, 6) is -0.454. The molecule has 7 nitrogen and oxygen atoms in total. The standard InChI is InChI=1S/C22H27FN2O5S/c1-4-30-19-10-9-18(15-20(19)31(27,28)25(2)3)24-21(26)22(11-13-29-14-12-22)16-5-7-17(23)8-6-16/h5-10,15H,4,11-14H2,1-3H3,(H,24,26). The van der Waals surface area contributed by atoms with Crippen molar-refractivity contribution >= 4 is 21.6 Å². The van der Waals surface area contributed by atoms with Gasteiger partial charge in [0.1, 0.15) is 16.5 Å². The third-order valence-corrected chi connectivity index (χ3v) is 7.27. The predicted molar refractivity (Wildman–Crippen MR) is 115 cm³/mol. The molecular weight excluding hydrogens is 423 g/mol. The quantitative estimate of drug-likeness (QED) is 0.701. The molecule has 1 aliphatic heterocycles. The van der Waals surface area contributed by atoms with Gasteiger partial charge in [-0.05, 0) is 55.7 Å². The highest BCUT2D eigenvalue weighted by Gasteiger charge is 2.42. The Hall–Kier alpha value is -2.49. The lowest BCUT2D eigenvalue weighted by atomic mass is 9.73. The summed E-state index contributed by atoms with van der Waals surface area (Å²) in [5, 5.41) is 2.86. The molecule has 0 bridgehead atoms.